The molecule has 2 aliphatic heterocycles. The maximum atomic E-state index is 12.7. The van der Waals surface area contributed by atoms with Gasteiger partial charge in [-0.15, -0.1) is 0 Å². The minimum absolute atomic E-state index is 0.181. The van der Waals surface area contributed by atoms with Crippen LogP contribution in [-0.4, -0.2) is 25.7 Å². The lowest BCUT2D eigenvalue weighted by atomic mass is 10.1. The van der Waals surface area contributed by atoms with E-state index in [-0.39, 0.29) is 11.6 Å². The molecule has 24 heavy (non-hydrogen) atoms. The van der Waals surface area contributed by atoms with Crippen molar-refractivity contribution < 1.29 is 9.59 Å². The van der Waals surface area contributed by atoms with E-state index in [1.165, 1.54) is 0 Å². The highest BCUT2D eigenvalue weighted by molar-refractivity contribution is 6.27. The number of hydrogen-bond acceptors (Lipinski definition) is 6. The fourth-order valence-electron chi connectivity index (χ4n) is 3.00. The van der Waals surface area contributed by atoms with Crippen molar-refractivity contribution in [3.8, 4) is 0 Å². The number of carbonyl (C=O) groups excluding carboxylic acids is 2. The maximum absolute atomic E-state index is 12.7. The minimum atomic E-state index is -0.181. The van der Waals surface area contributed by atoms with Crippen molar-refractivity contribution in [3.63, 3.8) is 0 Å². The number of rotatable bonds is 2. The molecular formula is C18H16N4O2. The molecule has 0 aromatic heterocycles. The van der Waals surface area contributed by atoms with Crippen LogP contribution in [0.15, 0.2) is 47.8 Å². The van der Waals surface area contributed by atoms with Gasteiger partial charge >= 0.3 is 0 Å². The van der Waals surface area contributed by atoms with Crippen molar-refractivity contribution in [1.29, 1.82) is 0 Å². The predicted molar refractivity (Wildman–Crippen MR) is 94.9 cm³/mol. The molecule has 0 amide bonds. The largest absolute Gasteiger partial charge is 0.388 e. The highest BCUT2D eigenvalue weighted by Crippen LogP contribution is 2.36. The van der Waals surface area contributed by atoms with E-state index in [0.717, 1.165) is 11.4 Å². The van der Waals surface area contributed by atoms with Crippen LogP contribution in [0.4, 0.5) is 22.7 Å². The summed E-state index contributed by atoms with van der Waals surface area (Å²) in [6, 6.07) is 11.0. The van der Waals surface area contributed by atoms with Gasteiger partial charge in [-0.1, -0.05) is 0 Å². The maximum Gasteiger partial charge on any atom is 0.213 e. The highest BCUT2D eigenvalue weighted by atomic mass is 16.1. The SMILES string of the molecule is CNc1ccc2c(c1)C(=O)/C(=C1\Nc3ccc(NC)cc3C1=O)N2. The summed E-state index contributed by atoms with van der Waals surface area (Å²) < 4.78 is 0. The smallest absolute Gasteiger partial charge is 0.213 e. The molecule has 0 bridgehead atoms. The van der Waals surface area contributed by atoms with E-state index < -0.39 is 0 Å². The van der Waals surface area contributed by atoms with Gasteiger partial charge < -0.3 is 21.3 Å². The summed E-state index contributed by atoms with van der Waals surface area (Å²) in [6.45, 7) is 0. The fraction of sp³-hybridized carbons (Fsp3) is 0.111. The Morgan fingerprint density at radius 1 is 0.708 bits per heavy atom. The molecule has 4 rings (SSSR count). The van der Waals surface area contributed by atoms with Gasteiger partial charge in [-0.2, -0.15) is 0 Å². The summed E-state index contributed by atoms with van der Waals surface area (Å²) in [5, 5.41) is 12.2. The zero-order chi connectivity index (χ0) is 16.8. The van der Waals surface area contributed by atoms with Crippen LogP contribution >= 0.6 is 0 Å². The first-order valence-electron chi connectivity index (χ1n) is 7.63. The highest BCUT2D eigenvalue weighted by Gasteiger charge is 2.34. The molecule has 2 aromatic rings. The van der Waals surface area contributed by atoms with Crippen LogP contribution < -0.4 is 21.3 Å². The first-order chi connectivity index (χ1) is 11.6. The van der Waals surface area contributed by atoms with Crippen LogP contribution in [-0.2, 0) is 0 Å². The summed E-state index contributed by atoms with van der Waals surface area (Å²) in [5.41, 5.74) is 4.84. The summed E-state index contributed by atoms with van der Waals surface area (Å²) in [7, 11) is 3.60. The summed E-state index contributed by atoms with van der Waals surface area (Å²) >= 11 is 0. The number of benzene rings is 2. The second-order valence-corrected chi connectivity index (χ2v) is 5.68. The average Bonchev–Trinajstić information content (AvgIpc) is 3.11. The van der Waals surface area contributed by atoms with Crippen LogP contribution in [0.3, 0.4) is 0 Å². The third-order valence-electron chi connectivity index (χ3n) is 4.33. The van der Waals surface area contributed by atoms with Crippen LogP contribution in [0, 0.1) is 0 Å². The Morgan fingerprint density at radius 2 is 1.12 bits per heavy atom. The van der Waals surface area contributed by atoms with E-state index in [1.54, 1.807) is 26.2 Å². The van der Waals surface area contributed by atoms with E-state index in [4.69, 9.17) is 0 Å². The van der Waals surface area contributed by atoms with E-state index >= 15 is 0 Å². The van der Waals surface area contributed by atoms with Crippen LogP contribution in [0.2, 0.25) is 0 Å². The Balaban J connectivity index is 1.77. The monoisotopic (exact) mass is 320 g/mol. The van der Waals surface area contributed by atoms with Gasteiger partial charge in [0.15, 0.2) is 0 Å². The molecule has 0 spiro atoms. The summed E-state index contributed by atoms with van der Waals surface area (Å²) in [6.07, 6.45) is 0. The average molecular weight is 320 g/mol. The molecule has 0 aliphatic carbocycles. The topological polar surface area (TPSA) is 82.3 Å². The van der Waals surface area contributed by atoms with Crippen molar-refractivity contribution in [2.24, 2.45) is 0 Å². The molecule has 6 heteroatoms. The van der Waals surface area contributed by atoms with Gasteiger partial charge in [0.25, 0.3) is 0 Å². The predicted octanol–water partition coefficient (Wildman–Crippen LogP) is 2.90. The number of ketones is 2. The molecule has 0 saturated heterocycles. The number of anilines is 4. The second kappa shape index (κ2) is 5.13. The zero-order valence-electron chi connectivity index (χ0n) is 13.3. The third-order valence-corrected chi connectivity index (χ3v) is 4.33. The Morgan fingerprint density at radius 3 is 1.50 bits per heavy atom. The van der Waals surface area contributed by atoms with Gasteiger partial charge in [-0.25, -0.2) is 0 Å². The molecular weight excluding hydrogens is 304 g/mol. The number of allylic oxidation sites excluding steroid dienone is 2. The molecule has 0 fully saturated rings. The molecule has 2 heterocycles. The lowest BCUT2D eigenvalue weighted by Gasteiger charge is -2.04. The molecule has 2 aromatic carbocycles. The molecule has 0 atom stereocenters. The van der Waals surface area contributed by atoms with E-state index in [0.29, 0.717) is 33.9 Å². The fourth-order valence-corrected chi connectivity index (χ4v) is 3.00. The Kier molecular flexibility index (Phi) is 3.06. The first kappa shape index (κ1) is 14.3. The van der Waals surface area contributed by atoms with Crippen molar-refractivity contribution in [2.45, 2.75) is 0 Å². The van der Waals surface area contributed by atoms with Crippen LogP contribution in [0.5, 0.6) is 0 Å². The summed E-state index contributed by atoms with van der Waals surface area (Å²) in [4.78, 5) is 25.4. The molecule has 0 radical (unpaired) electrons. The Labute approximate surface area is 138 Å². The minimum Gasteiger partial charge on any atom is -0.388 e. The zero-order valence-corrected chi connectivity index (χ0v) is 13.3. The second-order valence-electron chi connectivity index (χ2n) is 5.68. The van der Waals surface area contributed by atoms with Crippen molar-refractivity contribution >= 4 is 34.3 Å². The standard InChI is InChI=1S/C18H16N4O2/c1-19-9-3-5-13-11(7-9)17(23)15(21-13)16-18(24)12-8-10(20-2)4-6-14(12)22-16/h3-8,19-22H,1-2H3/b16-15+. The van der Waals surface area contributed by atoms with Crippen LogP contribution in [0.25, 0.3) is 0 Å². The Hall–Kier alpha value is -3.28. The number of hydrogen-bond donors (Lipinski definition) is 4. The van der Waals surface area contributed by atoms with Crippen molar-refractivity contribution in [2.75, 3.05) is 35.4 Å². The van der Waals surface area contributed by atoms with Gasteiger partial charge in [0.05, 0.1) is 11.4 Å². The molecule has 120 valence electrons. The van der Waals surface area contributed by atoms with E-state index in [1.807, 2.05) is 24.3 Å². The molecule has 2 aliphatic rings. The molecule has 6 nitrogen and oxygen atoms in total. The van der Waals surface area contributed by atoms with E-state index in [9.17, 15) is 9.59 Å². The number of fused-ring (bicyclic) bond motifs is 2. The number of carbonyl (C=O) groups is 2. The van der Waals surface area contributed by atoms with Gasteiger partial charge in [-0.3, -0.25) is 9.59 Å². The Bertz CT molecular complexity index is 855. The van der Waals surface area contributed by atoms with Gasteiger partial charge in [-0.05, 0) is 36.4 Å². The van der Waals surface area contributed by atoms with Gasteiger partial charge in [0.2, 0.25) is 11.6 Å². The number of nitrogens with one attached hydrogen (secondary N) is 4. The van der Waals surface area contributed by atoms with Crippen molar-refractivity contribution in [3.05, 3.63) is 58.9 Å². The normalized spacial score (nSPS) is 17.9. The van der Waals surface area contributed by atoms with Gasteiger partial charge in [0.1, 0.15) is 11.4 Å². The quantitative estimate of drug-likeness (QED) is 0.637. The first-order valence-corrected chi connectivity index (χ1v) is 7.63. The number of Topliss-reactive ketones (excluding diaryl/α,β-unsaturated/α-hetero) is 2. The third kappa shape index (κ3) is 1.96. The summed E-state index contributed by atoms with van der Waals surface area (Å²) in [5.74, 6) is -0.362. The lowest BCUT2D eigenvalue weighted by Crippen LogP contribution is -2.13. The molecule has 0 unspecified atom stereocenters. The van der Waals surface area contributed by atoms with E-state index in [2.05, 4.69) is 21.3 Å². The molecule has 0 saturated carbocycles. The van der Waals surface area contributed by atoms with Gasteiger partial charge in [0, 0.05) is 36.6 Å². The lowest BCUT2D eigenvalue weighted by molar-refractivity contribution is 0.101. The van der Waals surface area contributed by atoms with Crippen LogP contribution in [0.1, 0.15) is 20.7 Å². The van der Waals surface area contributed by atoms with Crippen molar-refractivity contribution in [1.82, 2.24) is 0 Å². The molecule has 4 N–H and O–H groups in total.